The van der Waals surface area contributed by atoms with Crippen molar-refractivity contribution in [3.8, 4) is 17.1 Å². The highest BCUT2D eigenvalue weighted by Gasteiger charge is 2.10. The molecule has 3 N–H and O–H groups in total. The monoisotopic (exact) mass is 348 g/mol. The predicted molar refractivity (Wildman–Crippen MR) is 101 cm³/mol. The number of aromatic nitrogens is 2. The Labute approximate surface area is 152 Å². The van der Waals surface area contributed by atoms with Crippen LogP contribution in [0.25, 0.3) is 11.4 Å². The molecule has 132 valence electrons. The first-order valence-electron chi connectivity index (χ1n) is 8.28. The summed E-state index contributed by atoms with van der Waals surface area (Å²) in [5.74, 6) is 0.823. The van der Waals surface area contributed by atoms with Crippen molar-refractivity contribution >= 4 is 11.7 Å². The van der Waals surface area contributed by atoms with Crippen molar-refractivity contribution in [1.82, 2.24) is 15.3 Å². The number of hydrogen-bond acceptors (Lipinski definition) is 4. The fraction of sp³-hybridized carbons (Fsp3) is 0.150. The molecule has 1 heterocycles. The summed E-state index contributed by atoms with van der Waals surface area (Å²) in [6.45, 7) is 3.77. The van der Waals surface area contributed by atoms with Crippen LogP contribution >= 0.6 is 0 Å². The highest BCUT2D eigenvalue weighted by Crippen LogP contribution is 2.19. The van der Waals surface area contributed by atoms with E-state index < -0.39 is 0 Å². The van der Waals surface area contributed by atoms with Crippen LogP contribution in [-0.2, 0) is 0 Å². The Morgan fingerprint density at radius 3 is 2.58 bits per heavy atom. The molecule has 0 aliphatic carbocycles. The summed E-state index contributed by atoms with van der Waals surface area (Å²) in [4.78, 5) is 20.8. The number of nitrogens with one attached hydrogen (secondary N) is 2. The molecule has 0 aliphatic heterocycles. The highest BCUT2D eigenvalue weighted by molar-refractivity contribution is 5.89. The summed E-state index contributed by atoms with van der Waals surface area (Å²) in [6.07, 6.45) is 1.72. The number of phenols is 1. The van der Waals surface area contributed by atoms with E-state index in [-0.39, 0.29) is 17.8 Å². The SMILES string of the molecule is Cc1ccnc(-c2ccc(NC(=O)N[C@@H](C)c3cccc(O)c3)cc2)n1. The predicted octanol–water partition coefficient (Wildman–Crippen LogP) is 4.04. The zero-order chi connectivity index (χ0) is 18.5. The van der Waals surface area contributed by atoms with Gasteiger partial charge >= 0.3 is 6.03 Å². The lowest BCUT2D eigenvalue weighted by Gasteiger charge is -2.15. The molecule has 6 nitrogen and oxygen atoms in total. The van der Waals surface area contributed by atoms with Crippen LogP contribution in [0.5, 0.6) is 5.75 Å². The van der Waals surface area contributed by atoms with Crippen molar-refractivity contribution in [2.24, 2.45) is 0 Å². The van der Waals surface area contributed by atoms with Gasteiger partial charge in [-0.2, -0.15) is 0 Å². The molecule has 3 rings (SSSR count). The number of anilines is 1. The van der Waals surface area contributed by atoms with Crippen molar-refractivity contribution in [3.05, 3.63) is 72.1 Å². The van der Waals surface area contributed by atoms with E-state index in [0.29, 0.717) is 11.5 Å². The third kappa shape index (κ3) is 4.36. The molecule has 0 spiro atoms. The summed E-state index contributed by atoms with van der Waals surface area (Å²) in [5.41, 5.74) is 3.28. The van der Waals surface area contributed by atoms with Gasteiger partial charge in [0.2, 0.25) is 0 Å². The molecule has 0 radical (unpaired) electrons. The van der Waals surface area contributed by atoms with Gasteiger partial charge in [-0.3, -0.25) is 0 Å². The Hall–Kier alpha value is -3.41. The van der Waals surface area contributed by atoms with E-state index in [2.05, 4.69) is 20.6 Å². The second kappa shape index (κ2) is 7.65. The van der Waals surface area contributed by atoms with Crippen molar-refractivity contribution in [2.75, 3.05) is 5.32 Å². The average Bonchev–Trinajstić information content (AvgIpc) is 2.62. The third-order valence-corrected chi connectivity index (χ3v) is 3.91. The summed E-state index contributed by atoms with van der Waals surface area (Å²) in [6, 6.07) is 15.4. The molecule has 0 fully saturated rings. The average molecular weight is 348 g/mol. The van der Waals surface area contributed by atoms with Gasteiger partial charge in [0.15, 0.2) is 5.82 Å². The van der Waals surface area contributed by atoms with Crippen molar-refractivity contribution in [2.45, 2.75) is 19.9 Å². The van der Waals surface area contributed by atoms with Crippen LogP contribution in [0.2, 0.25) is 0 Å². The molecular formula is C20H20N4O2. The number of urea groups is 1. The van der Waals surface area contributed by atoms with Crippen LogP contribution in [0.3, 0.4) is 0 Å². The van der Waals surface area contributed by atoms with Crippen LogP contribution < -0.4 is 10.6 Å². The molecule has 2 aromatic carbocycles. The number of carbonyl (C=O) groups is 1. The minimum Gasteiger partial charge on any atom is -0.508 e. The first-order chi connectivity index (χ1) is 12.5. The number of hydrogen-bond donors (Lipinski definition) is 3. The van der Waals surface area contributed by atoms with E-state index in [9.17, 15) is 9.90 Å². The number of phenolic OH excluding ortho intramolecular Hbond substituents is 1. The Balaban J connectivity index is 1.62. The first kappa shape index (κ1) is 17.4. The number of rotatable bonds is 4. The Bertz CT molecular complexity index is 910. The van der Waals surface area contributed by atoms with Crippen LogP contribution in [0.1, 0.15) is 24.2 Å². The molecule has 3 aromatic rings. The lowest BCUT2D eigenvalue weighted by Crippen LogP contribution is -2.31. The number of nitrogens with zero attached hydrogens (tertiary/aromatic N) is 2. The van der Waals surface area contributed by atoms with Crippen LogP contribution in [0, 0.1) is 6.92 Å². The quantitative estimate of drug-likeness (QED) is 0.664. The van der Waals surface area contributed by atoms with Crippen LogP contribution in [-0.4, -0.2) is 21.1 Å². The molecule has 26 heavy (non-hydrogen) atoms. The van der Waals surface area contributed by atoms with Gasteiger partial charge in [0.05, 0.1) is 6.04 Å². The molecule has 0 saturated carbocycles. The normalized spacial score (nSPS) is 11.6. The van der Waals surface area contributed by atoms with Gasteiger partial charge in [-0.1, -0.05) is 12.1 Å². The van der Waals surface area contributed by atoms with Crippen molar-refractivity contribution in [3.63, 3.8) is 0 Å². The zero-order valence-electron chi connectivity index (χ0n) is 14.6. The van der Waals surface area contributed by atoms with Crippen LogP contribution in [0.4, 0.5) is 10.5 Å². The Kier molecular flexibility index (Phi) is 5.12. The molecule has 1 atom stereocenters. The molecule has 2 amide bonds. The van der Waals surface area contributed by atoms with E-state index in [0.717, 1.165) is 16.8 Å². The second-order valence-corrected chi connectivity index (χ2v) is 6.01. The van der Waals surface area contributed by atoms with E-state index in [1.165, 1.54) is 0 Å². The Morgan fingerprint density at radius 2 is 1.88 bits per heavy atom. The van der Waals surface area contributed by atoms with E-state index in [1.54, 1.807) is 36.5 Å². The third-order valence-electron chi connectivity index (χ3n) is 3.91. The Morgan fingerprint density at radius 1 is 1.12 bits per heavy atom. The van der Waals surface area contributed by atoms with Crippen molar-refractivity contribution < 1.29 is 9.90 Å². The van der Waals surface area contributed by atoms with Gasteiger partial charge in [0, 0.05) is 23.1 Å². The number of amides is 2. The number of aromatic hydroxyl groups is 1. The van der Waals surface area contributed by atoms with E-state index in [1.807, 2.05) is 38.1 Å². The topological polar surface area (TPSA) is 87.1 Å². The lowest BCUT2D eigenvalue weighted by molar-refractivity contribution is 0.249. The van der Waals surface area contributed by atoms with Crippen LogP contribution in [0.15, 0.2) is 60.8 Å². The van der Waals surface area contributed by atoms with Crippen molar-refractivity contribution in [1.29, 1.82) is 0 Å². The number of benzene rings is 2. The van der Waals surface area contributed by atoms with Gasteiger partial charge in [-0.05, 0) is 61.9 Å². The summed E-state index contributed by atoms with van der Waals surface area (Å²) < 4.78 is 0. The van der Waals surface area contributed by atoms with Gasteiger partial charge < -0.3 is 15.7 Å². The summed E-state index contributed by atoms with van der Waals surface area (Å²) in [5, 5.41) is 15.2. The van der Waals surface area contributed by atoms with Gasteiger partial charge in [-0.15, -0.1) is 0 Å². The smallest absolute Gasteiger partial charge is 0.319 e. The molecule has 1 aromatic heterocycles. The van der Waals surface area contributed by atoms with Gasteiger partial charge in [0.1, 0.15) is 5.75 Å². The lowest BCUT2D eigenvalue weighted by atomic mass is 10.1. The van der Waals surface area contributed by atoms with E-state index >= 15 is 0 Å². The van der Waals surface area contributed by atoms with Gasteiger partial charge in [0.25, 0.3) is 0 Å². The molecule has 0 bridgehead atoms. The molecule has 0 saturated heterocycles. The minimum absolute atomic E-state index is 0.172. The zero-order valence-corrected chi connectivity index (χ0v) is 14.6. The summed E-state index contributed by atoms with van der Waals surface area (Å²) in [7, 11) is 0. The second-order valence-electron chi connectivity index (χ2n) is 6.01. The largest absolute Gasteiger partial charge is 0.508 e. The molecule has 6 heteroatoms. The maximum absolute atomic E-state index is 12.2. The minimum atomic E-state index is -0.319. The molecule has 0 unspecified atom stereocenters. The number of aryl methyl sites for hydroxylation is 1. The standard InChI is InChI=1S/C20H20N4O2/c1-13-10-11-21-19(22-13)15-6-8-17(9-7-15)24-20(26)23-14(2)16-4-3-5-18(25)12-16/h3-12,14,25H,1-2H3,(H2,23,24,26)/t14-/m0/s1. The molecular weight excluding hydrogens is 328 g/mol. The fourth-order valence-corrected chi connectivity index (χ4v) is 2.53. The van der Waals surface area contributed by atoms with E-state index in [4.69, 9.17) is 0 Å². The molecule has 0 aliphatic rings. The summed E-state index contributed by atoms with van der Waals surface area (Å²) >= 11 is 0. The fourth-order valence-electron chi connectivity index (χ4n) is 2.53. The highest BCUT2D eigenvalue weighted by atomic mass is 16.3. The maximum Gasteiger partial charge on any atom is 0.319 e. The number of carbonyl (C=O) groups excluding carboxylic acids is 1. The van der Waals surface area contributed by atoms with Gasteiger partial charge in [-0.25, -0.2) is 14.8 Å². The maximum atomic E-state index is 12.2. The first-order valence-corrected chi connectivity index (χ1v) is 8.28.